The Bertz CT molecular complexity index is 1160. The van der Waals surface area contributed by atoms with Crippen LogP contribution in [0.3, 0.4) is 0 Å². The largest absolute Gasteiger partial charge is 0.673 e. The standard InChI is InChI=1S/C24H16ClS2.BF4/c25-19-13-9-17(10-14-19)18-11-15-20(16-12-18)27-23-7-3-1-5-21(23)26-22-6-2-4-8-24(22)27;2-1(3,4)5/h1-16H;/q+1;-1. The molecular weight excluding hydrogens is 475 g/mol. The Morgan fingerprint density at radius 1 is 0.594 bits per heavy atom. The van der Waals surface area contributed by atoms with E-state index in [4.69, 9.17) is 11.6 Å². The van der Waals surface area contributed by atoms with Crippen LogP contribution in [-0.2, 0) is 10.9 Å². The van der Waals surface area contributed by atoms with Gasteiger partial charge in [-0.3, -0.25) is 0 Å². The summed E-state index contributed by atoms with van der Waals surface area (Å²) in [6.45, 7) is 0. The Balaban J connectivity index is 0.000000444. The molecule has 1 heterocycles. The number of hydrogen-bond donors (Lipinski definition) is 0. The smallest absolute Gasteiger partial charge is 0.418 e. The van der Waals surface area contributed by atoms with Gasteiger partial charge in [0, 0.05) is 5.02 Å². The van der Waals surface area contributed by atoms with Crippen molar-refractivity contribution in [1.82, 2.24) is 0 Å². The van der Waals surface area contributed by atoms with Crippen molar-refractivity contribution in [2.45, 2.75) is 24.5 Å². The van der Waals surface area contributed by atoms with Gasteiger partial charge in [-0.05, 0) is 71.8 Å². The van der Waals surface area contributed by atoms with Crippen LogP contribution in [0.25, 0.3) is 11.1 Å². The molecule has 0 nitrogen and oxygen atoms in total. The molecule has 0 unspecified atom stereocenters. The van der Waals surface area contributed by atoms with Crippen LogP contribution < -0.4 is 0 Å². The molecular formula is C24H16BClF4S2. The Kier molecular flexibility index (Phi) is 6.89. The van der Waals surface area contributed by atoms with E-state index in [-0.39, 0.29) is 10.9 Å². The topological polar surface area (TPSA) is 0 Å². The lowest BCUT2D eigenvalue weighted by Crippen LogP contribution is -2.10. The highest BCUT2D eigenvalue weighted by molar-refractivity contribution is 8.04. The third kappa shape index (κ3) is 5.52. The molecule has 4 aromatic rings. The Hall–Kier alpha value is -2.35. The number of halogens is 5. The molecule has 1 aliphatic heterocycles. The molecule has 0 saturated carbocycles. The average molecular weight is 491 g/mol. The second-order valence-corrected chi connectivity index (χ2v) is 10.3. The van der Waals surface area contributed by atoms with Crippen molar-refractivity contribution in [1.29, 1.82) is 0 Å². The minimum absolute atomic E-state index is 0.0682. The number of benzene rings is 4. The van der Waals surface area contributed by atoms with Gasteiger partial charge in [-0.1, -0.05) is 59.8 Å². The molecule has 0 aromatic heterocycles. The normalized spacial score (nSPS) is 12.9. The van der Waals surface area contributed by atoms with Crippen LogP contribution in [0.4, 0.5) is 17.3 Å². The van der Waals surface area contributed by atoms with Gasteiger partial charge in [0.2, 0.25) is 0 Å². The molecule has 0 N–H and O–H groups in total. The van der Waals surface area contributed by atoms with E-state index in [1.807, 2.05) is 23.9 Å². The Morgan fingerprint density at radius 3 is 1.47 bits per heavy atom. The molecule has 0 fully saturated rings. The average Bonchev–Trinajstić information content (AvgIpc) is 2.77. The van der Waals surface area contributed by atoms with Crippen molar-refractivity contribution in [2.75, 3.05) is 0 Å². The summed E-state index contributed by atoms with van der Waals surface area (Å²) in [5.41, 5.74) is 2.40. The van der Waals surface area contributed by atoms with Crippen LogP contribution in [0.2, 0.25) is 5.02 Å². The fourth-order valence-corrected chi connectivity index (χ4v) is 7.19. The minimum Gasteiger partial charge on any atom is -0.418 e. The highest BCUT2D eigenvalue weighted by Gasteiger charge is 2.37. The first-order valence-corrected chi connectivity index (χ1v) is 12.0. The molecule has 0 bridgehead atoms. The fourth-order valence-electron chi connectivity index (χ4n) is 3.32. The van der Waals surface area contributed by atoms with Crippen molar-refractivity contribution in [3.63, 3.8) is 0 Å². The summed E-state index contributed by atoms with van der Waals surface area (Å²) in [4.78, 5) is 6.91. The first-order valence-electron chi connectivity index (χ1n) is 9.63. The van der Waals surface area contributed by atoms with Gasteiger partial charge < -0.3 is 17.3 Å². The van der Waals surface area contributed by atoms with Crippen LogP contribution in [0.1, 0.15) is 0 Å². The summed E-state index contributed by atoms with van der Waals surface area (Å²) in [5, 5.41) is 0.768. The van der Waals surface area contributed by atoms with Crippen LogP contribution in [0.5, 0.6) is 0 Å². The molecule has 0 saturated heterocycles. The second-order valence-electron chi connectivity index (χ2n) is 6.83. The maximum atomic E-state index is 9.75. The Labute approximate surface area is 196 Å². The van der Waals surface area contributed by atoms with Gasteiger partial charge in [0.25, 0.3) is 0 Å². The summed E-state index contributed by atoms with van der Waals surface area (Å²) in [5.74, 6) is 0. The molecule has 8 heteroatoms. The van der Waals surface area contributed by atoms with Crippen molar-refractivity contribution in [3.8, 4) is 11.1 Å². The molecule has 162 valence electrons. The maximum absolute atomic E-state index is 9.75. The van der Waals surface area contributed by atoms with Gasteiger partial charge in [0.1, 0.15) is 10.9 Å². The van der Waals surface area contributed by atoms with Gasteiger partial charge in [-0.25, -0.2) is 0 Å². The zero-order chi connectivity index (χ0) is 22.7. The van der Waals surface area contributed by atoms with E-state index < -0.39 is 7.25 Å². The molecule has 0 amide bonds. The van der Waals surface area contributed by atoms with Gasteiger partial charge in [-0.2, -0.15) is 0 Å². The predicted molar refractivity (Wildman–Crippen MR) is 126 cm³/mol. The molecule has 0 aliphatic carbocycles. The van der Waals surface area contributed by atoms with Gasteiger partial charge in [0.15, 0.2) is 14.7 Å². The SMILES string of the molecule is Clc1ccc(-c2ccc([S+]3c4ccccc4Sc4ccccc43)cc2)cc1.F[B-](F)(F)F. The highest BCUT2D eigenvalue weighted by Crippen LogP contribution is 2.48. The summed E-state index contributed by atoms with van der Waals surface area (Å²) in [6, 6.07) is 34.6. The zero-order valence-corrected chi connectivity index (χ0v) is 18.9. The van der Waals surface area contributed by atoms with Crippen LogP contribution >= 0.6 is 23.4 Å². The number of fused-ring (bicyclic) bond motifs is 2. The monoisotopic (exact) mass is 490 g/mol. The number of rotatable bonds is 2. The third-order valence-corrected chi connectivity index (χ3v) is 8.62. The van der Waals surface area contributed by atoms with Crippen molar-refractivity contribution in [3.05, 3.63) is 102 Å². The maximum Gasteiger partial charge on any atom is 0.673 e. The lowest BCUT2D eigenvalue weighted by Gasteiger charge is -2.18. The first-order chi connectivity index (χ1) is 15.3. The molecule has 32 heavy (non-hydrogen) atoms. The van der Waals surface area contributed by atoms with E-state index in [1.165, 1.54) is 35.6 Å². The van der Waals surface area contributed by atoms with Crippen LogP contribution in [0, 0.1) is 0 Å². The first kappa shape index (κ1) is 22.8. The van der Waals surface area contributed by atoms with Gasteiger partial charge in [0.05, 0.1) is 9.79 Å². The second kappa shape index (κ2) is 9.65. The lowest BCUT2D eigenvalue weighted by molar-refractivity contribution is 0.368. The fraction of sp³-hybridized carbons (Fsp3) is 0. The summed E-state index contributed by atoms with van der Waals surface area (Å²) >= 11 is 7.90. The molecule has 5 rings (SSSR count). The van der Waals surface area contributed by atoms with E-state index >= 15 is 0 Å². The van der Waals surface area contributed by atoms with Crippen LogP contribution in [0.15, 0.2) is 122 Å². The van der Waals surface area contributed by atoms with E-state index in [2.05, 4.69) is 84.9 Å². The van der Waals surface area contributed by atoms with Crippen LogP contribution in [-0.4, -0.2) is 7.25 Å². The van der Waals surface area contributed by atoms with E-state index in [0.717, 1.165) is 5.02 Å². The molecule has 0 radical (unpaired) electrons. The van der Waals surface area contributed by atoms with Gasteiger partial charge >= 0.3 is 7.25 Å². The predicted octanol–water partition coefficient (Wildman–Crippen LogP) is 8.87. The molecule has 0 atom stereocenters. The summed E-state index contributed by atoms with van der Waals surface area (Å²) in [6.07, 6.45) is 0. The third-order valence-electron chi connectivity index (χ3n) is 4.63. The summed E-state index contributed by atoms with van der Waals surface area (Å²) < 4.78 is 39.0. The van der Waals surface area contributed by atoms with E-state index in [0.29, 0.717) is 0 Å². The Morgan fingerprint density at radius 2 is 1.00 bits per heavy atom. The lowest BCUT2D eigenvalue weighted by atomic mass is 10.1. The van der Waals surface area contributed by atoms with Crippen molar-refractivity contribution in [2.24, 2.45) is 0 Å². The minimum atomic E-state index is -6.00. The van der Waals surface area contributed by atoms with E-state index in [1.54, 1.807) is 0 Å². The summed E-state index contributed by atoms with van der Waals surface area (Å²) in [7, 11) is -6.07. The van der Waals surface area contributed by atoms with Crippen molar-refractivity contribution < 1.29 is 17.3 Å². The quantitative estimate of drug-likeness (QED) is 0.135. The molecule has 4 aromatic carbocycles. The van der Waals surface area contributed by atoms with Crippen molar-refractivity contribution >= 4 is 41.5 Å². The molecule has 0 spiro atoms. The van der Waals surface area contributed by atoms with E-state index in [9.17, 15) is 17.3 Å². The zero-order valence-electron chi connectivity index (χ0n) is 16.5. The number of hydrogen-bond acceptors (Lipinski definition) is 1. The van der Waals surface area contributed by atoms with Gasteiger partial charge in [-0.15, -0.1) is 0 Å². The highest BCUT2D eigenvalue weighted by atomic mass is 35.5. The molecule has 1 aliphatic rings.